The first kappa shape index (κ1) is 58.6. The monoisotopic (exact) mass is 917 g/mol. The normalized spacial score (nSPS) is 26.9. The fourth-order valence-electron chi connectivity index (χ4n) is 8.02. The summed E-state index contributed by atoms with van der Waals surface area (Å²) in [6.45, 7) is 3.66. The summed E-state index contributed by atoms with van der Waals surface area (Å²) in [7, 11) is 0. The number of hydrogen-bond donors (Lipinski definition) is 7. The second-order valence-corrected chi connectivity index (χ2v) is 18.0. The maximum atomic E-state index is 13.0. The minimum absolute atomic E-state index is 0.0597. The molecule has 2 aliphatic rings. The fraction of sp³-hybridized carbons (Fsp3) is 0.900. The van der Waals surface area contributed by atoms with Gasteiger partial charge in [0, 0.05) is 13.0 Å². The van der Waals surface area contributed by atoms with E-state index in [1.54, 1.807) is 0 Å². The molecule has 0 aromatic rings. The van der Waals surface area contributed by atoms with Gasteiger partial charge < -0.3 is 64.2 Å². The van der Waals surface area contributed by atoms with Gasteiger partial charge in [-0.2, -0.15) is 0 Å². The van der Waals surface area contributed by atoms with Crippen LogP contribution < -0.4 is 0 Å². The van der Waals surface area contributed by atoms with Crippen molar-refractivity contribution in [3.8, 4) is 0 Å². The Kier molecular flexibility index (Phi) is 35.2. The summed E-state index contributed by atoms with van der Waals surface area (Å²) < 4.78 is 34.2. The van der Waals surface area contributed by atoms with Gasteiger partial charge in [-0.05, 0) is 44.9 Å². The number of carbonyl (C=O) groups is 1. The van der Waals surface area contributed by atoms with Crippen LogP contribution in [-0.2, 0) is 33.2 Å². The zero-order valence-electron chi connectivity index (χ0n) is 39.8. The number of aliphatic hydroxyl groups is 7. The number of unbranched alkanes of at least 4 members (excludes halogenated alkanes) is 22. The Balaban J connectivity index is 1.78. The van der Waals surface area contributed by atoms with Crippen LogP contribution in [0.5, 0.6) is 0 Å². The van der Waals surface area contributed by atoms with Gasteiger partial charge in [0.25, 0.3) is 0 Å². The molecule has 0 saturated carbocycles. The highest BCUT2D eigenvalue weighted by atomic mass is 16.7. The summed E-state index contributed by atoms with van der Waals surface area (Å²) in [5, 5.41) is 72.1. The molecule has 2 saturated heterocycles. The van der Waals surface area contributed by atoms with Gasteiger partial charge in [0.1, 0.15) is 54.9 Å². The Labute approximate surface area is 386 Å². The number of esters is 1. The van der Waals surface area contributed by atoms with Crippen LogP contribution >= 0.6 is 0 Å². The van der Waals surface area contributed by atoms with Crippen LogP contribution in [0.3, 0.4) is 0 Å². The lowest BCUT2D eigenvalue weighted by Crippen LogP contribution is -2.61. The molecule has 7 N–H and O–H groups in total. The smallest absolute Gasteiger partial charge is 0.306 e. The van der Waals surface area contributed by atoms with Gasteiger partial charge in [-0.25, -0.2) is 0 Å². The molecular formula is C50H92O14. The van der Waals surface area contributed by atoms with E-state index in [0.717, 1.165) is 64.2 Å². The SMILES string of the molecule is CCCCC/C=C\C/C=C\CCCCCCCC(=O)OC(COCCCCCCCCCCCCCCCCC)COC1OC(COC2OC(CO)C(O)C(O)C2O)C(O)C(O)C1O. The van der Waals surface area contributed by atoms with E-state index in [1.807, 2.05) is 0 Å². The summed E-state index contributed by atoms with van der Waals surface area (Å²) in [6, 6.07) is 0. The lowest BCUT2D eigenvalue weighted by Gasteiger charge is -2.42. The van der Waals surface area contributed by atoms with Crippen molar-refractivity contribution in [2.75, 3.05) is 33.0 Å². The summed E-state index contributed by atoms with van der Waals surface area (Å²) in [4.78, 5) is 13.0. The van der Waals surface area contributed by atoms with Gasteiger partial charge in [0.05, 0.1) is 26.4 Å². The van der Waals surface area contributed by atoms with Crippen molar-refractivity contribution >= 4 is 5.97 Å². The van der Waals surface area contributed by atoms with Crippen molar-refractivity contribution in [2.45, 2.75) is 255 Å². The fourth-order valence-corrected chi connectivity index (χ4v) is 8.02. The topological polar surface area (TPSA) is 214 Å². The van der Waals surface area contributed by atoms with E-state index in [9.17, 15) is 40.5 Å². The molecule has 0 aromatic heterocycles. The van der Waals surface area contributed by atoms with E-state index in [2.05, 4.69) is 38.2 Å². The van der Waals surface area contributed by atoms with E-state index in [4.69, 9.17) is 28.4 Å². The highest BCUT2D eigenvalue weighted by Gasteiger charge is 2.47. The third-order valence-corrected chi connectivity index (χ3v) is 12.2. The molecule has 64 heavy (non-hydrogen) atoms. The van der Waals surface area contributed by atoms with Crippen molar-refractivity contribution in [1.29, 1.82) is 0 Å². The molecule has 0 aliphatic carbocycles. The van der Waals surface area contributed by atoms with Crippen molar-refractivity contribution in [3.05, 3.63) is 24.3 Å². The summed E-state index contributed by atoms with van der Waals surface area (Å²) in [5.41, 5.74) is 0. The number of hydrogen-bond acceptors (Lipinski definition) is 14. The Morgan fingerprint density at radius 1 is 0.516 bits per heavy atom. The quantitative estimate of drug-likeness (QED) is 0.0184. The van der Waals surface area contributed by atoms with Crippen LogP contribution in [0, 0.1) is 0 Å². The number of allylic oxidation sites excluding steroid dienone is 4. The lowest BCUT2D eigenvalue weighted by atomic mass is 9.98. The molecule has 0 spiro atoms. The third kappa shape index (κ3) is 26.1. The Hall–Kier alpha value is -1.53. The molecule has 0 aromatic carbocycles. The molecule has 2 heterocycles. The van der Waals surface area contributed by atoms with Crippen LogP contribution in [0.15, 0.2) is 24.3 Å². The largest absolute Gasteiger partial charge is 0.457 e. The van der Waals surface area contributed by atoms with Crippen molar-refractivity contribution in [1.82, 2.24) is 0 Å². The molecule has 2 fully saturated rings. The minimum Gasteiger partial charge on any atom is -0.457 e. The second kappa shape index (κ2) is 38.4. The second-order valence-electron chi connectivity index (χ2n) is 18.0. The van der Waals surface area contributed by atoms with Gasteiger partial charge in [0.15, 0.2) is 12.6 Å². The molecule has 0 amide bonds. The molecule has 0 radical (unpaired) electrons. The average molecular weight is 917 g/mol. The molecule has 14 nitrogen and oxygen atoms in total. The molecule has 0 bridgehead atoms. The van der Waals surface area contributed by atoms with Gasteiger partial charge in [0.2, 0.25) is 0 Å². The predicted octanol–water partition coefficient (Wildman–Crippen LogP) is 7.24. The molecule has 376 valence electrons. The molecule has 2 rings (SSSR count). The van der Waals surface area contributed by atoms with E-state index in [0.29, 0.717) is 13.0 Å². The highest BCUT2D eigenvalue weighted by molar-refractivity contribution is 5.69. The number of carbonyl (C=O) groups excluding carboxylic acids is 1. The van der Waals surface area contributed by atoms with Crippen molar-refractivity contribution in [3.63, 3.8) is 0 Å². The van der Waals surface area contributed by atoms with Crippen LogP contribution in [-0.4, -0.2) is 142 Å². The first-order valence-electron chi connectivity index (χ1n) is 25.4. The molecule has 11 unspecified atom stereocenters. The number of aliphatic hydroxyl groups excluding tert-OH is 7. The highest BCUT2D eigenvalue weighted by Crippen LogP contribution is 2.26. The Morgan fingerprint density at radius 2 is 0.969 bits per heavy atom. The van der Waals surface area contributed by atoms with Crippen molar-refractivity contribution in [2.24, 2.45) is 0 Å². The van der Waals surface area contributed by atoms with E-state index in [-0.39, 0.29) is 25.6 Å². The molecule has 14 heteroatoms. The van der Waals surface area contributed by atoms with Crippen LogP contribution in [0.1, 0.15) is 187 Å². The molecule has 11 atom stereocenters. The summed E-state index contributed by atoms with van der Waals surface area (Å²) >= 11 is 0. The van der Waals surface area contributed by atoms with E-state index >= 15 is 0 Å². The molecular weight excluding hydrogens is 825 g/mol. The summed E-state index contributed by atoms with van der Waals surface area (Å²) in [6.07, 6.45) is 23.8. The van der Waals surface area contributed by atoms with Crippen molar-refractivity contribution < 1.29 is 69.0 Å². The summed E-state index contributed by atoms with van der Waals surface area (Å²) in [5.74, 6) is -0.388. The standard InChI is InChI=1S/C50H92O14/c1-3-5-7-9-11-13-15-17-19-21-23-25-27-29-31-33-42(52)62-39(36-59-34-32-30-28-26-24-22-20-18-16-14-12-10-8-6-4-2)37-60-49-48(58)46(56)44(54)41(64-49)38-61-50-47(57)45(55)43(53)40(35-51)63-50/h11,13,17,19,39-41,43-51,53-58H,3-10,12,14-16,18,20-38H2,1-2H3/b13-11-,19-17-. The number of ether oxygens (including phenoxy) is 6. The van der Waals surface area contributed by atoms with Gasteiger partial charge >= 0.3 is 5.97 Å². The van der Waals surface area contributed by atoms with Crippen LogP contribution in [0.2, 0.25) is 0 Å². The minimum atomic E-state index is -1.71. The third-order valence-electron chi connectivity index (χ3n) is 12.2. The average Bonchev–Trinajstić information content (AvgIpc) is 3.29. The van der Waals surface area contributed by atoms with Crippen LogP contribution in [0.4, 0.5) is 0 Å². The zero-order chi connectivity index (χ0) is 46.6. The number of rotatable bonds is 40. The van der Waals surface area contributed by atoms with Gasteiger partial charge in [-0.3, -0.25) is 4.79 Å². The molecule has 2 aliphatic heterocycles. The predicted molar refractivity (Wildman–Crippen MR) is 247 cm³/mol. The van der Waals surface area contributed by atoms with E-state index in [1.165, 1.54) is 96.3 Å². The zero-order valence-corrected chi connectivity index (χ0v) is 39.8. The first-order chi connectivity index (χ1) is 31.1. The Morgan fingerprint density at radius 3 is 1.53 bits per heavy atom. The Bertz CT molecular complexity index is 1160. The maximum absolute atomic E-state index is 13.0. The maximum Gasteiger partial charge on any atom is 0.306 e. The van der Waals surface area contributed by atoms with Crippen LogP contribution in [0.25, 0.3) is 0 Å². The first-order valence-corrected chi connectivity index (χ1v) is 25.4. The van der Waals surface area contributed by atoms with Gasteiger partial charge in [-0.1, -0.05) is 160 Å². The van der Waals surface area contributed by atoms with E-state index < -0.39 is 80.7 Å². The van der Waals surface area contributed by atoms with Gasteiger partial charge in [-0.15, -0.1) is 0 Å². The lowest BCUT2D eigenvalue weighted by molar-refractivity contribution is -0.332.